The minimum atomic E-state index is -0.618. The number of hydrogen-bond donors (Lipinski definition) is 1. The molecule has 0 radical (unpaired) electrons. The molecule has 0 saturated heterocycles. The Morgan fingerprint density at radius 1 is 1.07 bits per heavy atom. The fourth-order valence-electron chi connectivity index (χ4n) is 3.29. The molecule has 0 spiro atoms. The Hall–Kier alpha value is -3.35. The fraction of sp³-hybridized carbons (Fsp3) is 0.318. The lowest BCUT2D eigenvalue weighted by Gasteiger charge is -2.08. The van der Waals surface area contributed by atoms with E-state index in [0.29, 0.717) is 33.4 Å². The quantitative estimate of drug-likeness (QED) is 0.501. The zero-order chi connectivity index (χ0) is 21.1. The standard InChI is InChI=1S/C22H23NO6/c1-5-14-7-8-16-15(10-18(24)29-17(16)9-14)11-28-22(26)20-12(3)19(13(4)23-20)21(25)27-6-2/h7-10,23H,5-6,11H2,1-4H3. The molecular weight excluding hydrogens is 374 g/mol. The van der Waals surface area contributed by atoms with Gasteiger partial charge in [-0.3, -0.25) is 0 Å². The lowest BCUT2D eigenvalue weighted by molar-refractivity contribution is 0.0466. The van der Waals surface area contributed by atoms with Crippen LogP contribution in [-0.4, -0.2) is 23.5 Å². The van der Waals surface area contributed by atoms with Crippen molar-refractivity contribution in [1.82, 2.24) is 4.98 Å². The highest BCUT2D eigenvalue weighted by Gasteiger charge is 2.24. The molecular formula is C22H23NO6. The van der Waals surface area contributed by atoms with Crippen molar-refractivity contribution in [1.29, 1.82) is 0 Å². The second-order valence-corrected chi connectivity index (χ2v) is 6.70. The lowest BCUT2D eigenvalue weighted by Crippen LogP contribution is -2.10. The van der Waals surface area contributed by atoms with Crippen LogP contribution < -0.4 is 5.63 Å². The van der Waals surface area contributed by atoms with Crippen LogP contribution in [-0.2, 0) is 22.5 Å². The molecule has 3 aromatic rings. The highest BCUT2D eigenvalue weighted by atomic mass is 16.5. The highest BCUT2D eigenvalue weighted by Crippen LogP contribution is 2.22. The summed E-state index contributed by atoms with van der Waals surface area (Å²) < 4.78 is 15.7. The van der Waals surface area contributed by atoms with Gasteiger partial charge in [0.15, 0.2) is 0 Å². The third-order valence-electron chi connectivity index (χ3n) is 4.78. The number of carbonyl (C=O) groups is 2. The summed E-state index contributed by atoms with van der Waals surface area (Å²) in [6.07, 6.45) is 0.813. The smallest absolute Gasteiger partial charge is 0.355 e. The molecule has 0 saturated carbocycles. The first kappa shape index (κ1) is 20.4. The molecule has 29 heavy (non-hydrogen) atoms. The molecule has 0 amide bonds. The summed E-state index contributed by atoms with van der Waals surface area (Å²) in [6, 6.07) is 6.92. The molecule has 2 aromatic heterocycles. The largest absolute Gasteiger partial charge is 0.462 e. The van der Waals surface area contributed by atoms with E-state index in [1.807, 2.05) is 25.1 Å². The predicted octanol–water partition coefficient (Wildman–Crippen LogP) is 3.83. The van der Waals surface area contributed by atoms with Crippen LogP contribution in [0.3, 0.4) is 0 Å². The summed E-state index contributed by atoms with van der Waals surface area (Å²) in [6.45, 7) is 7.22. The number of benzene rings is 1. The van der Waals surface area contributed by atoms with Gasteiger partial charge in [0, 0.05) is 22.7 Å². The van der Waals surface area contributed by atoms with Crippen molar-refractivity contribution in [2.45, 2.75) is 40.7 Å². The Bertz CT molecular complexity index is 1140. The number of ether oxygens (including phenoxy) is 2. The van der Waals surface area contributed by atoms with Crippen molar-refractivity contribution in [2.75, 3.05) is 6.61 Å². The van der Waals surface area contributed by atoms with Gasteiger partial charge in [0.1, 0.15) is 17.9 Å². The summed E-state index contributed by atoms with van der Waals surface area (Å²) in [4.78, 5) is 39.5. The summed E-state index contributed by atoms with van der Waals surface area (Å²) >= 11 is 0. The van der Waals surface area contributed by atoms with E-state index in [-0.39, 0.29) is 18.9 Å². The topological polar surface area (TPSA) is 98.6 Å². The number of rotatable bonds is 6. The summed E-state index contributed by atoms with van der Waals surface area (Å²) in [5, 5.41) is 0.709. The second kappa shape index (κ2) is 8.34. The third kappa shape index (κ3) is 4.08. The van der Waals surface area contributed by atoms with Crippen LogP contribution in [0.15, 0.2) is 33.5 Å². The van der Waals surface area contributed by atoms with Crippen molar-refractivity contribution in [3.63, 3.8) is 0 Å². The first-order valence-corrected chi connectivity index (χ1v) is 9.44. The predicted molar refractivity (Wildman–Crippen MR) is 107 cm³/mol. The van der Waals surface area contributed by atoms with Gasteiger partial charge in [0.2, 0.25) is 0 Å². The number of carbonyl (C=O) groups excluding carboxylic acids is 2. The molecule has 0 atom stereocenters. The van der Waals surface area contributed by atoms with E-state index in [1.54, 1.807) is 20.8 Å². The number of aryl methyl sites for hydroxylation is 2. The van der Waals surface area contributed by atoms with Crippen LogP contribution in [0, 0.1) is 13.8 Å². The van der Waals surface area contributed by atoms with Gasteiger partial charge < -0.3 is 18.9 Å². The first-order chi connectivity index (χ1) is 13.8. The van der Waals surface area contributed by atoms with E-state index in [4.69, 9.17) is 13.9 Å². The molecule has 0 unspecified atom stereocenters. The van der Waals surface area contributed by atoms with Crippen LogP contribution in [0.2, 0.25) is 0 Å². The molecule has 1 aromatic carbocycles. The Morgan fingerprint density at radius 2 is 1.83 bits per heavy atom. The maximum Gasteiger partial charge on any atom is 0.355 e. The summed E-state index contributed by atoms with van der Waals surface area (Å²) in [5.41, 5.74) is 3.06. The van der Waals surface area contributed by atoms with Crippen molar-refractivity contribution in [2.24, 2.45) is 0 Å². The minimum Gasteiger partial charge on any atom is -0.462 e. The maximum atomic E-state index is 12.6. The van der Waals surface area contributed by atoms with Crippen LogP contribution in [0.1, 0.15) is 57.1 Å². The molecule has 0 fully saturated rings. The highest BCUT2D eigenvalue weighted by molar-refractivity contribution is 5.98. The van der Waals surface area contributed by atoms with E-state index < -0.39 is 17.6 Å². The van der Waals surface area contributed by atoms with E-state index in [2.05, 4.69) is 4.98 Å². The van der Waals surface area contributed by atoms with Crippen molar-refractivity contribution < 1.29 is 23.5 Å². The first-order valence-electron chi connectivity index (χ1n) is 9.44. The second-order valence-electron chi connectivity index (χ2n) is 6.70. The van der Waals surface area contributed by atoms with Crippen LogP contribution in [0.4, 0.5) is 0 Å². The number of aromatic nitrogens is 1. The SMILES string of the molecule is CCOC(=O)c1c(C)[nH]c(C(=O)OCc2cc(=O)oc3cc(CC)ccc23)c1C. The summed E-state index contributed by atoms with van der Waals surface area (Å²) in [5.74, 6) is -1.11. The molecule has 2 heterocycles. The van der Waals surface area contributed by atoms with Gasteiger partial charge in [-0.05, 0) is 44.4 Å². The van der Waals surface area contributed by atoms with Crippen molar-refractivity contribution >= 4 is 22.9 Å². The number of nitrogens with one attached hydrogen (secondary N) is 1. The summed E-state index contributed by atoms with van der Waals surface area (Å²) in [7, 11) is 0. The van der Waals surface area contributed by atoms with Crippen LogP contribution in [0.25, 0.3) is 11.0 Å². The van der Waals surface area contributed by atoms with Gasteiger partial charge in [0.25, 0.3) is 0 Å². The molecule has 7 heteroatoms. The number of hydrogen-bond acceptors (Lipinski definition) is 6. The van der Waals surface area contributed by atoms with E-state index in [9.17, 15) is 14.4 Å². The Morgan fingerprint density at radius 3 is 2.52 bits per heavy atom. The van der Waals surface area contributed by atoms with Gasteiger partial charge in [-0.2, -0.15) is 0 Å². The van der Waals surface area contributed by atoms with Crippen LogP contribution >= 0.6 is 0 Å². The lowest BCUT2D eigenvalue weighted by atomic mass is 10.1. The van der Waals surface area contributed by atoms with Gasteiger partial charge in [0.05, 0.1) is 12.2 Å². The van der Waals surface area contributed by atoms with E-state index in [1.165, 1.54) is 6.07 Å². The minimum absolute atomic E-state index is 0.0986. The Kier molecular flexibility index (Phi) is 5.87. The van der Waals surface area contributed by atoms with Crippen molar-refractivity contribution in [3.8, 4) is 0 Å². The molecule has 0 bridgehead atoms. The normalized spacial score (nSPS) is 10.9. The maximum absolute atomic E-state index is 12.6. The van der Waals surface area contributed by atoms with Gasteiger partial charge in [-0.15, -0.1) is 0 Å². The van der Waals surface area contributed by atoms with Crippen molar-refractivity contribution in [3.05, 3.63) is 68.3 Å². The zero-order valence-corrected chi connectivity index (χ0v) is 16.9. The Balaban J connectivity index is 1.86. The molecule has 1 N–H and O–H groups in total. The molecule has 0 aliphatic heterocycles. The number of H-pyrrole nitrogens is 1. The third-order valence-corrected chi connectivity index (χ3v) is 4.78. The zero-order valence-electron chi connectivity index (χ0n) is 16.9. The Labute approximate surface area is 167 Å². The average molecular weight is 397 g/mol. The molecule has 7 nitrogen and oxygen atoms in total. The number of esters is 2. The monoisotopic (exact) mass is 397 g/mol. The number of fused-ring (bicyclic) bond motifs is 1. The molecule has 3 rings (SSSR count). The van der Waals surface area contributed by atoms with E-state index >= 15 is 0 Å². The van der Waals surface area contributed by atoms with E-state index in [0.717, 1.165) is 12.0 Å². The molecule has 152 valence electrons. The number of aromatic amines is 1. The van der Waals surface area contributed by atoms with Gasteiger partial charge >= 0.3 is 17.6 Å². The molecule has 0 aliphatic carbocycles. The molecule has 0 aliphatic rings. The van der Waals surface area contributed by atoms with Gasteiger partial charge in [-0.1, -0.05) is 19.1 Å². The van der Waals surface area contributed by atoms with Gasteiger partial charge in [-0.25, -0.2) is 14.4 Å². The fourth-order valence-corrected chi connectivity index (χ4v) is 3.29. The average Bonchev–Trinajstić information content (AvgIpc) is 2.99. The van der Waals surface area contributed by atoms with Crippen LogP contribution in [0.5, 0.6) is 0 Å².